The van der Waals surface area contributed by atoms with Gasteiger partial charge in [-0.25, -0.2) is 9.97 Å². The van der Waals surface area contributed by atoms with Gasteiger partial charge >= 0.3 is 0 Å². The van der Waals surface area contributed by atoms with Crippen LogP contribution in [-0.2, 0) is 6.42 Å². The molecule has 1 aromatic rings. The third-order valence-electron chi connectivity index (χ3n) is 3.57. The monoisotopic (exact) mass is 327 g/mol. The minimum atomic E-state index is 0.233. The van der Waals surface area contributed by atoms with Crippen LogP contribution < -0.4 is 4.90 Å². The lowest BCUT2D eigenvalue weighted by Gasteiger charge is -2.38. The molecule has 1 aliphatic rings. The lowest BCUT2D eigenvalue weighted by atomic mass is 9.91. The van der Waals surface area contributed by atoms with Crippen LogP contribution in [0.25, 0.3) is 0 Å². The molecule has 0 spiro atoms. The van der Waals surface area contributed by atoms with Gasteiger partial charge in [-0.1, -0.05) is 6.92 Å². The van der Waals surface area contributed by atoms with Gasteiger partial charge in [0.2, 0.25) is 0 Å². The van der Waals surface area contributed by atoms with Crippen LogP contribution in [0.1, 0.15) is 44.9 Å². The van der Waals surface area contributed by atoms with Crippen LogP contribution in [-0.4, -0.2) is 34.3 Å². The van der Waals surface area contributed by atoms with Gasteiger partial charge in [-0.2, -0.15) is 0 Å². The number of aryl methyl sites for hydroxylation is 1. The molecule has 4 nitrogen and oxygen atoms in total. The van der Waals surface area contributed by atoms with Gasteiger partial charge in [0, 0.05) is 31.7 Å². The Hall–Kier alpha value is -0.680. The topological polar surface area (TPSA) is 49.2 Å². The van der Waals surface area contributed by atoms with Crippen molar-refractivity contribution in [3.63, 3.8) is 0 Å². The van der Waals surface area contributed by atoms with Crippen molar-refractivity contribution in [2.24, 2.45) is 0 Å². The number of hydrogen-bond donors (Lipinski definition) is 1. The highest BCUT2D eigenvalue weighted by atomic mass is 79.9. The zero-order valence-electron chi connectivity index (χ0n) is 11.5. The standard InChI is InChI=1S/C14H22BrN3O/c1-2-5-13-16-12(15)10-14(17-13)18(8-4-9-19)11-6-3-7-11/h10-11,19H,2-9H2,1H3. The predicted octanol–water partition coefficient (Wildman–Crippen LogP) is 2.93. The molecule has 19 heavy (non-hydrogen) atoms. The van der Waals surface area contributed by atoms with E-state index in [1.807, 2.05) is 6.07 Å². The summed E-state index contributed by atoms with van der Waals surface area (Å²) in [4.78, 5) is 11.4. The van der Waals surface area contributed by atoms with Crippen molar-refractivity contribution < 1.29 is 5.11 Å². The van der Waals surface area contributed by atoms with Crippen LogP contribution in [0.5, 0.6) is 0 Å². The molecule has 1 aliphatic carbocycles. The van der Waals surface area contributed by atoms with Crippen molar-refractivity contribution in [2.75, 3.05) is 18.1 Å². The molecule has 0 amide bonds. The van der Waals surface area contributed by atoms with Gasteiger partial charge < -0.3 is 10.0 Å². The van der Waals surface area contributed by atoms with E-state index in [4.69, 9.17) is 5.11 Å². The maximum absolute atomic E-state index is 9.06. The molecular weight excluding hydrogens is 306 g/mol. The lowest BCUT2D eigenvalue weighted by Crippen LogP contribution is -2.41. The molecule has 0 saturated heterocycles. The fourth-order valence-electron chi connectivity index (χ4n) is 2.36. The maximum Gasteiger partial charge on any atom is 0.133 e. The van der Waals surface area contributed by atoms with Crippen molar-refractivity contribution in [1.29, 1.82) is 0 Å². The molecule has 1 saturated carbocycles. The van der Waals surface area contributed by atoms with Gasteiger partial charge in [-0.15, -0.1) is 0 Å². The third kappa shape index (κ3) is 3.89. The maximum atomic E-state index is 9.06. The van der Waals surface area contributed by atoms with Gasteiger partial charge in [0.05, 0.1) is 0 Å². The SMILES string of the molecule is CCCc1nc(Br)cc(N(CCCO)C2CCC2)n1. The summed E-state index contributed by atoms with van der Waals surface area (Å²) in [6, 6.07) is 2.58. The van der Waals surface area contributed by atoms with Gasteiger partial charge in [-0.05, 0) is 48.0 Å². The smallest absolute Gasteiger partial charge is 0.133 e. The minimum absolute atomic E-state index is 0.233. The summed E-state index contributed by atoms with van der Waals surface area (Å²) in [6.07, 6.45) is 6.52. The van der Waals surface area contributed by atoms with E-state index in [9.17, 15) is 0 Å². The first-order chi connectivity index (χ1) is 9.24. The molecule has 0 unspecified atom stereocenters. The van der Waals surface area contributed by atoms with E-state index in [1.54, 1.807) is 0 Å². The Bertz CT molecular complexity index is 410. The van der Waals surface area contributed by atoms with E-state index in [-0.39, 0.29) is 6.61 Å². The highest BCUT2D eigenvalue weighted by Crippen LogP contribution is 2.29. The second-order valence-corrected chi connectivity index (χ2v) is 5.88. The quantitative estimate of drug-likeness (QED) is 0.782. The number of halogens is 1. The first-order valence-corrected chi connectivity index (χ1v) is 7.95. The molecule has 1 heterocycles. The van der Waals surface area contributed by atoms with Crippen LogP contribution in [0.3, 0.4) is 0 Å². The van der Waals surface area contributed by atoms with Crippen LogP contribution in [0.2, 0.25) is 0 Å². The Morgan fingerprint density at radius 3 is 2.79 bits per heavy atom. The molecule has 0 radical (unpaired) electrons. The average Bonchev–Trinajstić information content (AvgIpc) is 2.31. The number of nitrogens with zero attached hydrogens (tertiary/aromatic N) is 3. The molecule has 0 atom stereocenters. The molecule has 106 valence electrons. The first kappa shape index (κ1) is 14.7. The zero-order chi connectivity index (χ0) is 13.7. The Kier molecular flexibility index (Phi) is 5.58. The fourth-order valence-corrected chi connectivity index (χ4v) is 2.77. The summed E-state index contributed by atoms with van der Waals surface area (Å²) in [5.41, 5.74) is 0. The second kappa shape index (κ2) is 7.20. The number of aliphatic hydroxyl groups is 1. The van der Waals surface area contributed by atoms with E-state index < -0.39 is 0 Å². The zero-order valence-corrected chi connectivity index (χ0v) is 13.1. The number of aromatic nitrogens is 2. The summed E-state index contributed by atoms with van der Waals surface area (Å²) in [5.74, 6) is 1.91. The Balaban J connectivity index is 2.18. The summed E-state index contributed by atoms with van der Waals surface area (Å²) in [7, 11) is 0. The predicted molar refractivity (Wildman–Crippen MR) is 80.4 cm³/mol. The van der Waals surface area contributed by atoms with E-state index in [2.05, 4.69) is 37.7 Å². The summed E-state index contributed by atoms with van der Waals surface area (Å²) >= 11 is 3.48. The van der Waals surface area contributed by atoms with Crippen LogP contribution in [0.4, 0.5) is 5.82 Å². The van der Waals surface area contributed by atoms with Crippen molar-refractivity contribution in [3.05, 3.63) is 16.5 Å². The molecule has 1 aromatic heterocycles. The Morgan fingerprint density at radius 1 is 1.42 bits per heavy atom. The molecule has 1 N–H and O–H groups in total. The summed E-state index contributed by atoms with van der Waals surface area (Å²) in [5, 5.41) is 9.06. The van der Waals surface area contributed by atoms with E-state index in [0.717, 1.165) is 42.1 Å². The molecular formula is C14H22BrN3O. The van der Waals surface area contributed by atoms with Crippen molar-refractivity contribution in [1.82, 2.24) is 9.97 Å². The van der Waals surface area contributed by atoms with Crippen molar-refractivity contribution in [2.45, 2.75) is 51.5 Å². The molecule has 2 rings (SSSR count). The number of anilines is 1. The Morgan fingerprint density at radius 2 is 2.21 bits per heavy atom. The minimum Gasteiger partial charge on any atom is -0.396 e. The van der Waals surface area contributed by atoms with Gasteiger partial charge in [-0.3, -0.25) is 0 Å². The van der Waals surface area contributed by atoms with E-state index in [0.29, 0.717) is 6.04 Å². The molecule has 1 fully saturated rings. The number of aliphatic hydroxyl groups excluding tert-OH is 1. The average molecular weight is 328 g/mol. The lowest BCUT2D eigenvalue weighted by molar-refractivity contribution is 0.282. The van der Waals surface area contributed by atoms with E-state index in [1.165, 1.54) is 19.3 Å². The normalized spacial score (nSPS) is 15.3. The fraction of sp³-hybridized carbons (Fsp3) is 0.714. The summed E-state index contributed by atoms with van der Waals surface area (Å²) in [6.45, 7) is 3.24. The second-order valence-electron chi connectivity index (χ2n) is 5.07. The van der Waals surface area contributed by atoms with Crippen molar-refractivity contribution >= 4 is 21.7 Å². The van der Waals surface area contributed by atoms with Gasteiger partial charge in [0.25, 0.3) is 0 Å². The largest absolute Gasteiger partial charge is 0.396 e. The number of rotatable bonds is 7. The Labute approximate surface area is 123 Å². The molecule has 0 aromatic carbocycles. The van der Waals surface area contributed by atoms with Crippen LogP contribution in [0.15, 0.2) is 10.7 Å². The van der Waals surface area contributed by atoms with Gasteiger partial charge in [0.15, 0.2) is 0 Å². The molecule has 0 bridgehead atoms. The van der Waals surface area contributed by atoms with Gasteiger partial charge in [0.1, 0.15) is 16.2 Å². The highest BCUT2D eigenvalue weighted by molar-refractivity contribution is 9.10. The van der Waals surface area contributed by atoms with Crippen LogP contribution >= 0.6 is 15.9 Å². The molecule has 0 aliphatic heterocycles. The van der Waals surface area contributed by atoms with Crippen LogP contribution in [0, 0.1) is 0 Å². The third-order valence-corrected chi connectivity index (χ3v) is 3.97. The number of hydrogen-bond acceptors (Lipinski definition) is 4. The highest BCUT2D eigenvalue weighted by Gasteiger charge is 2.26. The van der Waals surface area contributed by atoms with E-state index >= 15 is 0 Å². The summed E-state index contributed by atoms with van der Waals surface area (Å²) < 4.78 is 0.856. The molecule has 5 heteroatoms. The van der Waals surface area contributed by atoms with Crippen molar-refractivity contribution in [3.8, 4) is 0 Å². The first-order valence-electron chi connectivity index (χ1n) is 7.15.